The molecule has 0 atom stereocenters. The van der Waals surface area contributed by atoms with E-state index in [9.17, 15) is 57.1 Å². The Morgan fingerprint density at radius 1 is 0.349 bits per heavy atom. The standard InChI is InChI=1S/C26H6BF13O3/c28-13-7-3-1-5-9(11(7)15(30)19(34)17(13)32)41-27(43-26-24(39)22(37)21(36)23(38)25(26)40)42-10-6-2-4-8-12(10)16(31)20(35)18(33)14(8)29/h1-6H. The van der Waals surface area contributed by atoms with Crippen LogP contribution < -0.4 is 14.0 Å². The SMILES string of the molecule is Fc1c(F)c(F)c(OB(Oc2cccc3c(F)c(F)c(F)c(F)c23)Oc2cccc3c(F)c(F)c(F)c(F)c23)c(F)c1F. The Labute approximate surface area is 229 Å². The Balaban J connectivity index is 1.71. The van der Waals surface area contributed by atoms with Crippen LogP contribution in [-0.4, -0.2) is 7.32 Å². The first-order valence-electron chi connectivity index (χ1n) is 11.3. The van der Waals surface area contributed by atoms with Crippen molar-refractivity contribution in [1.82, 2.24) is 0 Å². The molecule has 43 heavy (non-hydrogen) atoms. The van der Waals surface area contributed by atoms with Gasteiger partial charge in [-0.3, -0.25) is 0 Å². The van der Waals surface area contributed by atoms with E-state index < -0.39 is 122 Å². The normalized spacial score (nSPS) is 11.4. The molecule has 17 heteroatoms. The fraction of sp³-hybridized carbons (Fsp3) is 0. The number of rotatable bonds is 6. The second kappa shape index (κ2) is 10.8. The first kappa shape index (κ1) is 29.7. The molecule has 0 bridgehead atoms. The van der Waals surface area contributed by atoms with Crippen LogP contribution in [0.25, 0.3) is 21.5 Å². The largest absolute Gasteiger partial charge is 0.864 e. The van der Waals surface area contributed by atoms with Crippen LogP contribution in [0.15, 0.2) is 36.4 Å². The van der Waals surface area contributed by atoms with Crippen molar-refractivity contribution >= 4 is 28.9 Å². The predicted molar refractivity (Wildman–Crippen MR) is 121 cm³/mol. The molecule has 0 aliphatic rings. The van der Waals surface area contributed by atoms with Gasteiger partial charge in [0.25, 0.3) is 0 Å². The Hall–Kier alpha value is -4.83. The van der Waals surface area contributed by atoms with Crippen LogP contribution in [0.1, 0.15) is 0 Å². The van der Waals surface area contributed by atoms with E-state index in [1.807, 2.05) is 0 Å². The molecule has 0 amide bonds. The second-order valence-corrected chi connectivity index (χ2v) is 8.41. The van der Waals surface area contributed by atoms with Gasteiger partial charge in [-0.05, 0) is 12.1 Å². The third kappa shape index (κ3) is 4.68. The zero-order valence-corrected chi connectivity index (χ0v) is 20.2. The Morgan fingerprint density at radius 3 is 1.07 bits per heavy atom. The summed E-state index contributed by atoms with van der Waals surface area (Å²) in [6, 6.07) is 4.53. The summed E-state index contributed by atoms with van der Waals surface area (Å²) < 4.78 is 198. The minimum absolute atomic E-state index is 0.693. The lowest BCUT2D eigenvalue weighted by Gasteiger charge is -2.20. The van der Waals surface area contributed by atoms with Gasteiger partial charge in [0.2, 0.25) is 29.1 Å². The molecular formula is C26H6BF13O3. The third-order valence-electron chi connectivity index (χ3n) is 5.95. The highest BCUT2D eigenvalue weighted by molar-refractivity contribution is 6.40. The minimum atomic E-state index is -2.96. The maximum atomic E-state index is 14.7. The van der Waals surface area contributed by atoms with Gasteiger partial charge in [0, 0.05) is 10.8 Å². The zero-order valence-electron chi connectivity index (χ0n) is 20.2. The first-order chi connectivity index (χ1) is 20.3. The average molecular weight is 624 g/mol. The van der Waals surface area contributed by atoms with Crippen LogP contribution in [0.2, 0.25) is 0 Å². The van der Waals surface area contributed by atoms with E-state index in [1.165, 1.54) is 0 Å². The predicted octanol–water partition coefficient (Wildman–Crippen LogP) is 8.32. The van der Waals surface area contributed by atoms with Crippen LogP contribution in [0.4, 0.5) is 57.1 Å². The summed E-state index contributed by atoms with van der Waals surface area (Å²) in [5.74, 6) is -34.5. The molecule has 5 aromatic rings. The fourth-order valence-electron chi connectivity index (χ4n) is 3.98. The summed E-state index contributed by atoms with van der Waals surface area (Å²) >= 11 is 0. The molecule has 3 nitrogen and oxygen atoms in total. The Kier molecular flexibility index (Phi) is 7.44. The van der Waals surface area contributed by atoms with Gasteiger partial charge < -0.3 is 14.0 Å². The van der Waals surface area contributed by atoms with E-state index in [1.54, 1.807) is 0 Å². The van der Waals surface area contributed by atoms with Crippen LogP contribution in [0.3, 0.4) is 0 Å². The third-order valence-corrected chi connectivity index (χ3v) is 5.95. The summed E-state index contributed by atoms with van der Waals surface area (Å²) in [4.78, 5) is 0. The molecule has 0 fully saturated rings. The quantitative estimate of drug-likeness (QED) is 0.0824. The van der Waals surface area contributed by atoms with Crippen LogP contribution in [0, 0.1) is 75.6 Å². The lowest BCUT2D eigenvalue weighted by molar-refractivity contribution is 0.279. The van der Waals surface area contributed by atoms with Crippen molar-refractivity contribution in [1.29, 1.82) is 0 Å². The molecule has 0 unspecified atom stereocenters. The maximum Gasteiger partial charge on any atom is 0.864 e. The average Bonchev–Trinajstić information content (AvgIpc) is 3.00. The van der Waals surface area contributed by atoms with Gasteiger partial charge in [-0.15, -0.1) is 0 Å². The second-order valence-electron chi connectivity index (χ2n) is 8.41. The summed E-state index contributed by atoms with van der Waals surface area (Å²) in [7, 11) is -2.96. The minimum Gasteiger partial charge on any atom is -0.489 e. The van der Waals surface area contributed by atoms with E-state index >= 15 is 0 Å². The van der Waals surface area contributed by atoms with E-state index in [-0.39, 0.29) is 0 Å². The smallest absolute Gasteiger partial charge is 0.489 e. The Morgan fingerprint density at radius 2 is 0.674 bits per heavy atom. The topological polar surface area (TPSA) is 27.7 Å². The number of halogens is 13. The van der Waals surface area contributed by atoms with E-state index in [4.69, 9.17) is 9.31 Å². The molecule has 0 aromatic heterocycles. The van der Waals surface area contributed by atoms with Crippen molar-refractivity contribution in [3.8, 4) is 17.2 Å². The summed E-state index contributed by atoms with van der Waals surface area (Å²) in [5, 5.41) is -4.37. The van der Waals surface area contributed by atoms with Gasteiger partial charge in [0.1, 0.15) is 11.5 Å². The molecule has 0 aliphatic carbocycles. The highest BCUT2D eigenvalue weighted by atomic mass is 19.2. The molecule has 0 N–H and O–H groups in total. The number of hydrogen-bond donors (Lipinski definition) is 0. The number of hydrogen-bond acceptors (Lipinski definition) is 3. The van der Waals surface area contributed by atoms with Crippen molar-refractivity contribution in [3.63, 3.8) is 0 Å². The van der Waals surface area contributed by atoms with E-state index in [0.717, 1.165) is 24.3 Å². The van der Waals surface area contributed by atoms with Crippen molar-refractivity contribution < 1.29 is 71.0 Å². The van der Waals surface area contributed by atoms with Crippen LogP contribution in [0.5, 0.6) is 17.2 Å². The molecule has 0 saturated carbocycles. The van der Waals surface area contributed by atoms with Crippen LogP contribution >= 0.6 is 0 Å². The molecule has 222 valence electrons. The van der Waals surface area contributed by atoms with E-state index in [2.05, 4.69) is 4.65 Å². The van der Waals surface area contributed by atoms with Gasteiger partial charge in [-0.1, -0.05) is 24.3 Å². The molecule has 5 aromatic carbocycles. The molecule has 0 saturated heterocycles. The van der Waals surface area contributed by atoms with Gasteiger partial charge >= 0.3 is 7.32 Å². The van der Waals surface area contributed by atoms with Crippen molar-refractivity contribution in [2.75, 3.05) is 0 Å². The number of benzene rings is 5. The summed E-state index contributed by atoms with van der Waals surface area (Å²) in [6.07, 6.45) is 0. The molecule has 0 spiro atoms. The Bertz CT molecular complexity index is 1830. The summed E-state index contributed by atoms with van der Waals surface area (Å²) in [5.41, 5.74) is 0. The molecular weight excluding hydrogens is 618 g/mol. The van der Waals surface area contributed by atoms with Gasteiger partial charge in [0.05, 0.1) is 10.8 Å². The molecule has 0 radical (unpaired) electrons. The van der Waals surface area contributed by atoms with Gasteiger partial charge in [-0.2, -0.15) is 8.78 Å². The van der Waals surface area contributed by atoms with Gasteiger partial charge in [0.15, 0.2) is 52.3 Å². The number of fused-ring (bicyclic) bond motifs is 2. The van der Waals surface area contributed by atoms with Gasteiger partial charge in [-0.25, -0.2) is 48.3 Å². The maximum absolute atomic E-state index is 14.7. The highest BCUT2D eigenvalue weighted by Gasteiger charge is 2.38. The highest BCUT2D eigenvalue weighted by Crippen LogP contribution is 2.37. The fourth-order valence-corrected chi connectivity index (χ4v) is 3.98. The van der Waals surface area contributed by atoms with Crippen molar-refractivity contribution in [2.45, 2.75) is 0 Å². The van der Waals surface area contributed by atoms with Crippen LogP contribution in [-0.2, 0) is 0 Å². The van der Waals surface area contributed by atoms with Crippen molar-refractivity contribution in [2.24, 2.45) is 0 Å². The summed E-state index contributed by atoms with van der Waals surface area (Å²) in [6.45, 7) is 0. The molecule has 0 aliphatic heterocycles. The lowest BCUT2D eigenvalue weighted by atomic mass is 10.1. The zero-order chi connectivity index (χ0) is 31.5. The first-order valence-corrected chi connectivity index (χ1v) is 11.3. The van der Waals surface area contributed by atoms with E-state index in [0.29, 0.717) is 12.1 Å². The van der Waals surface area contributed by atoms with Crippen molar-refractivity contribution in [3.05, 3.63) is 112 Å². The monoisotopic (exact) mass is 624 g/mol. The molecule has 5 rings (SSSR count). The lowest BCUT2D eigenvalue weighted by Crippen LogP contribution is -2.38. The molecule has 0 heterocycles.